The van der Waals surface area contributed by atoms with Crippen molar-refractivity contribution in [2.75, 3.05) is 20.6 Å². The predicted molar refractivity (Wildman–Crippen MR) is 185 cm³/mol. The van der Waals surface area contributed by atoms with Crippen molar-refractivity contribution in [1.82, 2.24) is 4.90 Å². The van der Waals surface area contributed by atoms with Crippen molar-refractivity contribution in [3.8, 4) is 0 Å². The third-order valence-corrected chi connectivity index (χ3v) is 5.85. The Morgan fingerprint density at radius 1 is 0.615 bits per heavy atom. The summed E-state index contributed by atoms with van der Waals surface area (Å²) in [6.45, 7) is 41.2. The molecule has 242 valence electrons. The predicted octanol–water partition coefficient (Wildman–Crippen LogP) is 12.7. The van der Waals surface area contributed by atoms with Crippen LogP contribution >= 0.6 is 0 Å². The lowest BCUT2D eigenvalue weighted by Crippen LogP contribution is -2.25. The van der Waals surface area contributed by atoms with Crippen molar-refractivity contribution in [2.24, 2.45) is 33.0 Å². The second-order valence-electron chi connectivity index (χ2n) is 17.9. The van der Waals surface area contributed by atoms with E-state index in [1.165, 1.54) is 38.5 Å². The van der Waals surface area contributed by atoms with Gasteiger partial charge in [0.05, 0.1) is 0 Å². The minimum absolute atomic E-state index is 0. The Labute approximate surface area is 252 Å². The first-order chi connectivity index (χ1) is 16.6. The Balaban J connectivity index is -0.000000126. The molecular weight excluding hydrogens is 474 g/mol. The average molecular weight is 558 g/mol. The summed E-state index contributed by atoms with van der Waals surface area (Å²) in [4.78, 5) is 13.5. The number of carbonyl (C=O) groups excluding carboxylic acids is 1. The molecule has 1 saturated carbocycles. The van der Waals surface area contributed by atoms with Crippen LogP contribution in [0.25, 0.3) is 0 Å². The molecule has 0 unspecified atom stereocenters. The summed E-state index contributed by atoms with van der Waals surface area (Å²) in [5.74, 6) is 1.21. The molecule has 39 heavy (non-hydrogen) atoms. The number of nitrogens with zero attached hydrogens (tertiary/aromatic N) is 1. The quantitative estimate of drug-likeness (QED) is 0.335. The van der Waals surface area contributed by atoms with Gasteiger partial charge in [0.25, 0.3) is 0 Å². The van der Waals surface area contributed by atoms with Crippen LogP contribution in [-0.2, 0) is 4.79 Å². The van der Waals surface area contributed by atoms with Crippen LogP contribution < -0.4 is 0 Å². The molecule has 0 atom stereocenters. The van der Waals surface area contributed by atoms with E-state index in [9.17, 15) is 4.79 Å². The summed E-state index contributed by atoms with van der Waals surface area (Å²) in [6, 6.07) is 0. The van der Waals surface area contributed by atoms with Crippen molar-refractivity contribution in [3.05, 3.63) is 0 Å². The van der Waals surface area contributed by atoms with E-state index in [4.69, 9.17) is 0 Å². The Bertz CT molecular complexity index is 520. The lowest BCUT2D eigenvalue weighted by molar-refractivity contribution is -0.121. The first-order valence-electron chi connectivity index (χ1n) is 15.7. The van der Waals surface area contributed by atoms with Gasteiger partial charge in [0, 0.05) is 19.4 Å². The maximum absolute atomic E-state index is 11.3. The fourth-order valence-corrected chi connectivity index (χ4v) is 3.01. The molecule has 1 aliphatic carbocycles. The number of ketones is 1. The molecule has 0 spiro atoms. The largest absolute Gasteiger partial charge is 0.309 e. The van der Waals surface area contributed by atoms with Gasteiger partial charge in [0.15, 0.2) is 0 Å². The SMILES string of the molecule is C.CC(C)(C)CC(=O)CC1CC1.CCC(C)(C)C.CCC(C)(C)C.CCCC(C)(C)C.CN(C)CC(C)(C)C. The zero-order valence-electron chi connectivity index (χ0n) is 30.8. The highest BCUT2D eigenvalue weighted by molar-refractivity contribution is 5.79. The third kappa shape index (κ3) is 67.4. The molecule has 0 N–H and O–H groups in total. The minimum Gasteiger partial charge on any atom is -0.309 e. The fraction of sp³-hybridized carbons (Fsp3) is 0.973. The Morgan fingerprint density at radius 2 is 0.949 bits per heavy atom. The molecule has 1 aliphatic rings. The topological polar surface area (TPSA) is 20.3 Å². The normalized spacial score (nSPS) is 13.7. The summed E-state index contributed by atoms with van der Waals surface area (Å²) < 4.78 is 0. The van der Waals surface area contributed by atoms with Crippen LogP contribution in [0.4, 0.5) is 0 Å². The standard InChI is InChI=1S/C10H18O.C7H17N.C7H16.2C6H14.CH4/c1-10(2,3)7-9(11)6-8-4-5-8;1-7(2,3)6-8(4)5;1-5-6-7(2,3)4;2*1-5-6(2,3)4;/h8H,4-7H2,1-3H3;6H2,1-5H3;5-6H2,1-4H3;2*5H2,1-4H3;1H4. The lowest BCUT2D eigenvalue weighted by atomic mass is 9.88. The van der Waals surface area contributed by atoms with Crippen molar-refractivity contribution in [2.45, 2.75) is 183 Å². The highest BCUT2D eigenvalue weighted by Crippen LogP contribution is 2.34. The van der Waals surface area contributed by atoms with Crippen LogP contribution in [0, 0.1) is 33.0 Å². The van der Waals surface area contributed by atoms with E-state index in [0.717, 1.165) is 25.3 Å². The summed E-state index contributed by atoms with van der Waals surface area (Å²) in [6.07, 6.45) is 9.36. The highest BCUT2D eigenvalue weighted by atomic mass is 16.1. The molecule has 0 radical (unpaired) electrons. The molecule has 0 saturated heterocycles. The maximum Gasteiger partial charge on any atom is 0.133 e. The van der Waals surface area contributed by atoms with E-state index >= 15 is 0 Å². The molecule has 0 aliphatic heterocycles. The van der Waals surface area contributed by atoms with E-state index in [1.807, 2.05) is 0 Å². The summed E-state index contributed by atoms with van der Waals surface area (Å²) in [7, 11) is 4.20. The van der Waals surface area contributed by atoms with Gasteiger partial charge in [0.2, 0.25) is 0 Å². The van der Waals surface area contributed by atoms with Crippen LogP contribution in [0.5, 0.6) is 0 Å². The number of hydrogen-bond acceptors (Lipinski definition) is 2. The van der Waals surface area contributed by atoms with Gasteiger partial charge < -0.3 is 4.90 Å². The van der Waals surface area contributed by atoms with Crippen molar-refractivity contribution in [3.63, 3.8) is 0 Å². The van der Waals surface area contributed by atoms with Gasteiger partial charge in [-0.05, 0) is 66.4 Å². The molecule has 0 bridgehead atoms. The van der Waals surface area contributed by atoms with Crippen LogP contribution in [0.2, 0.25) is 0 Å². The van der Waals surface area contributed by atoms with Crippen molar-refractivity contribution in [1.29, 1.82) is 0 Å². The van der Waals surface area contributed by atoms with E-state index < -0.39 is 0 Å². The molecule has 2 nitrogen and oxygen atoms in total. The molecule has 1 rings (SSSR count). The summed E-state index contributed by atoms with van der Waals surface area (Å²) in [5, 5.41) is 0. The number of carbonyl (C=O) groups is 1. The minimum atomic E-state index is 0. The second kappa shape index (κ2) is 22.3. The van der Waals surface area contributed by atoms with Gasteiger partial charge in [-0.3, -0.25) is 4.79 Å². The van der Waals surface area contributed by atoms with Crippen LogP contribution in [0.15, 0.2) is 0 Å². The lowest BCUT2D eigenvalue weighted by Gasteiger charge is -2.22. The van der Waals surface area contributed by atoms with Crippen LogP contribution in [-0.4, -0.2) is 31.3 Å². The molecule has 0 heterocycles. The highest BCUT2D eigenvalue weighted by Gasteiger charge is 2.26. The molecule has 0 aromatic carbocycles. The van der Waals surface area contributed by atoms with Crippen LogP contribution in [0.3, 0.4) is 0 Å². The first-order valence-corrected chi connectivity index (χ1v) is 15.7. The van der Waals surface area contributed by atoms with Crippen molar-refractivity contribution >= 4 is 5.78 Å². The molecule has 2 heteroatoms. The average Bonchev–Trinajstić information content (AvgIpc) is 3.41. The van der Waals surface area contributed by atoms with Gasteiger partial charge in [0.1, 0.15) is 5.78 Å². The van der Waals surface area contributed by atoms with E-state index in [-0.39, 0.29) is 12.8 Å². The van der Waals surface area contributed by atoms with E-state index in [1.54, 1.807) is 0 Å². The molecule has 1 fully saturated rings. The Kier molecular flexibility index (Phi) is 27.6. The van der Waals surface area contributed by atoms with Gasteiger partial charge in [-0.15, -0.1) is 0 Å². The van der Waals surface area contributed by atoms with Gasteiger partial charge in [-0.1, -0.05) is 151 Å². The first kappa shape index (κ1) is 48.4. The molecule has 0 amide bonds. The number of hydrogen-bond donors (Lipinski definition) is 0. The Hall–Kier alpha value is -0.370. The van der Waals surface area contributed by atoms with Crippen molar-refractivity contribution < 1.29 is 4.79 Å². The Morgan fingerprint density at radius 3 is 1.05 bits per heavy atom. The fourth-order valence-electron chi connectivity index (χ4n) is 3.01. The zero-order valence-corrected chi connectivity index (χ0v) is 30.8. The van der Waals surface area contributed by atoms with Gasteiger partial charge >= 0.3 is 0 Å². The molecular formula is C37H83NO. The monoisotopic (exact) mass is 558 g/mol. The molecule has 0 aromatic rings. The van der Waals surface area contributed by atoms with Gasteiger partial charge in [-0.25, -0.2) is 0 Å². The zero-order chi connectivity index (χ0) is 31.6. The number of Topliss-reactive ketones (excluding diaryl/α,β-unsaturated/α-hetero) is 1. The second-order valence-corrected chi connectivity index (χ2v) is 17.9. The van der Waals surface area contributed by atoms with Gasteiger partial charge in [-0.2, -0.15) is 0 Å². The van der Waals surface area contributed by atoms with E-state index in [2.05, 4.69) is 144 Å². The summed E-state index contributed by atoms with van der Waals surface area (Å²) >= 11 is 0. The summed E-state index contributed by atoms with van der Waals surface area (Å²) in [5.41, 5.74) is 2.27. The molecule has 0 aromatic heterocycles. The smallest absolute Gasteiger partial charge is 0.133 e. The van der Waals surface area contributed by atoms with E-state index in [0.29, 0.717) is 27.4 Å². The maximum atomic E-state index is 11.3. The van der Waals surface area contributed by atoms with Crippen LogP contribution in [0.1, 0.15) is 183 Å². The number of rotatable bonds is 5. The third-order valence-electron chi connectivity index (χ3n) is 5.85.